The van der Waals surface area contributed by atoms with Gasteiger partial charge in [-0.05, 0) is 0 Å². The van der Waals surface area contributed by atoms with Crippen LogP contribution in [0.15, 0.2) is 0 Å². The van der Waals surface area contributed by atoms with Gasteiger partial charge in [-0.3, -0.25) is 0 Å². The van der Waals surface area contributed by atoms with Gasteiger partial charge in [0.25, 0.3) is 6.16 Å². The molecule has 0 spiro atoms. The van der Waals surface area contributed by atoms with E-state index in [1.54, 1.807) is 0 Å². The van der Waals surface area contributed by atoms with Crippen molar-refractivity contribution in [2.24, 2.45) is 5.90 Å². The number of carboxylic acid groups (broad SMARTS) is 1. The molecular weight excluding hydrogens is 81.0 g/mol. The van der Waals surface area contributed by atoms with Crippen molar-refractivity contribution >= 4 is 6.16 Å². The van der Waals surface area contributed by atoms with E-state index in [1.165, 1.54) is 0 Å². The van der Waals surface area contributed by atoms with E-state index in [1.807, 2.05) is 0 Å². The standard InChI is InChI=1S/CH3NO3.Li/c2-5-1(3)4;/h2H2,(H,3,4);/q;+1/p-1. The number of carbonyl (C=O) groups is 1. The Hall–Kier alpha value is -0.173. The van der Waals surface area contributed by atoms with Gasteiger partial charge in [-0.15, -0.1) is 0 Å². The van der Waals surface area contributed by atoms with Gasteiger partial charge in [0.2, 0.25) is 0 Å². The van der Waals surface area contributed by atoms with Crippen molar-refractivity contribution in [3.05, 3.63) is 0 Å². The molecule has 2 N–H and O–H groups in total. The maximum Gasteiger partial charge on any atom is 1.00 e. The first-order valence-corrected chi connectivity index (χ1v) is 0.848. The second-order valence-electron chi connectivity index (χ2n) is 0.368. The maximum atomic E-state index is 8.91. The summed E-state index contributed by atoms with van der Waals surface area (Å²) in [4.78, 5) is 12.0. The second-order valence-corrected chi connectivity index (χ2v) is 0.368. The largest absolute Gasteiger partial charge is 1.00 e. The monoisotopic (exact) mass is 83.0 g/mol. The SMILES string of the molecule is NOC(=O)[O-].[Li+]. The Morgan fingerprint density at radius 3 is 2.00 bits per heavy atom. The third kappa shape index (κ3) is 9.16. The first kappa shape index (κ1) is 9.27. The van der Waals surface area contributed by atoms with Crippen LogP contribution in [0.2, 0.25) is 0 Å². The van der Waals surface area contributed by atoms with Crippen LogP contribution in [0.25, 0.3) is 0 Å². The minimum Gasteiger partial charge on any atom is -0.472 e. The summed E-state index contributed by atoms with van der Waals surface area (Å²) in [5.41, 5.74) is 0. The van der Waals surface area contributed by atoms with Crippen LogP contribution in [0.5, 0.6) is 0 Å². The van der Waals surface area contributed by atoms with Gasteiger partial charge in [-0.1, -0.05) is 0 Å². The Kier molecular flexibility index (Phi) is 7.46. The summed E-state index contributed by atoms with van der Waals surface area (Å²) in [6, 6.07) is 0. The zero-order valence-electron chi connectivity index (χ0n) is 3.30. The molecule has 6 heavy (non-hydrogen) atoms. The fourth-order valence-corrected chi connectivity index (χ4v) is 0. The third-order valence-corrected chi connectivity index (χ3v) is 0.0962. The molecular formula is CH2LiNO3. The van der Waals surface area contributed by atoms with Gasteiger partial charge in [-0.25, -0.2) is 5.90 Å². The molecule has 0 aromatic rings. The smallest absolute Gasteiger partial charge is 0.472 e. The Balaban J connectivity index is 0. The Labute approximate surface area is 46.4 Å². The number of hydrogen-bond acceptors (Lipinski definition) is 4. The van der Waals surface area contributed by atoms with Gasteiger partial charge in [0.1, 0.15) is 0 Å². The van der Waals surface area contributed by atoms with Crippen LogP contribution in [-0.2, 0) is 4.84 Å². The van der Waals surface area contributed by atoms with Crippen LogP contribution < -0.4 is 29.9 Å². The van der Waals surface area contributed by atoms with E-state index >= 15 is 0 Å². The van der Waals surface area contributed by atoms with Crippen LogP contribution in [0.3, 0.4) is 0 Å². The van der Waals surface area contributed by atoms with Gasteiger partial charge in [0.05, 0.1) is 0 Å². The first-order valence-electron chi connectivity index (χ1n) is 0.848. The summed E-state index contributed by atoms with van der Waals surface area (Å²) in [5.74, 6) is 4.01. The number of hydrogen-bond donors (Lipinski definition) is 1. The van der Waals surface area contributed by atoms with E-state index in [0.29, 0.717) is 0 Å². The molecule has 0 unspecified atom stereocenters. The van der Waals surface area contributed by atoms with Crippen molar-refractivity contribution in [3.8, 4) is 0 Å². The zero-order valence-corrected chi connectivity index (χ0v) is 3.30. The van der Waals surface area contributed by atoms with E-state index < -0.39 is 6.16 Å². The average molecular weight is 83.0 g/mol. The number of nitrogens with two attached hydrogens (primary N) is 1. The van der Waals surface area contributed by atoms with Gasteiger partial charge < -0.3 is 14.7 Å². The third-order valence-electron chi connectivity index (χ3n) is 0.0962. The molecule has 0 radical (unpaired) electrons. The quantitative estimate of drug-likeness (QED) is 0.235. The Bertz CT molecular complexity index is 46.1. The molecule has 0 aliphatic carbocycles. The van der Waals surface area contributed by atoms with Crippen molar-refractivity contribution in [2.45, 2.75) is 0 Å². The topological polar surface area (TPSA) is 75.4 Å². The molecule has 0 aromatic heterocycles. The maximum absolute atomic E-state index is 8.91. The summed E-state index contributed by atoms with van der Waals surface area (Å²) >= 11 is 0. The normalized spacial score (nSPS) is 5.50. The van der Waals surface area contributed by atoms with Crippen molar-refractivity contribution in [2.75, 3.05) is 0 Å². The van der Waals surface area contributed by atoms with Crippen molar-refractivity contribution < 1.29 is 33.6 Å². The molecule has 0 aromatic carbocycles. The molecule has 0 saturated carbocycles. The van der Waals surface area contributed by atoms with Crippen molar-refractivity contribution in [1.29, 1.82) is 0 Å². The van der Waals surface area contributed by atoms with Crippen LogP contribution in [0.1, 0.15) is 0 Å². The number of rotatable bonds is 0. The average Bonchev–Trinajstić information content (AvgIpc) is 1.38. The van der Waals surface area contributed by atoms with E-state index in [9.17, 15) is 0 Å². The predicted molar refractivity (Wildman–Crippen MR) is 10.7 cm³/mol. The first-order chi connectivity index (χ1) is 2.27. The summed E-state index contributed by atoms with van der Waals surface area (Å²) in [6.07, 6.45) is -1.72. The molecule has 0 heterocycles. The van der Waals surface area contributed by atoms with E-state index in [-0.39, 0.29) is 18.9 Å². The molecule has 0 bridgehead atoms. The van der Waals surface area contributed by atoms with E-state index in [4.69, 9.17) is 9.90 Å². The van der Waals surface area contributed by atoms with E-state index in [0.717, 1.165) is 0 Å². The molecule has 0 fully saturated rings. The molecule has 4 nitrogen and oxygen atoms in total. The van der Waals surface area contributed by atoms with Crippen LogP contribution in [-0.4, -0.2) is 6.16 Å². The molecule has 0 saturated heterocycles. The second kappa shape index (κ2) is 4.83. The van der Waals surface area contributed by atoms with Gasteiger partial charge in [0.15, 0.2) is 0 Å². The van der Waals surface area contributed by atoms with Crippen LogP contribution in [0.4, 0.5) is 4.79 Å². The number of carbonyl (C=O) groups excluding carboxylic acids is 1. The van der Waals surface area contributed by atoms with Gasteiger partial charge in [0, 0.05) is 0 Å². The summed E-state index contributed by atoms with van der Waals surface area (Å²) < 4.78 is 0. The van der Waals surface area contributed by atoms with Crippen molar-refractivity contribution in [3.63, 3.8) is 0 Å². The molecule has 5 heteroatoms. The fraction of sp³-hybridized carbons (Fsp3) is 0. The molecule has 0 amide bonds. The van der Waals surface area contributed by atoms with Crippen LogP contribution in [0, 0.1) is 0 Å². The molecule has 0 aliphatic rings. The van der Waals surface area contributed by atoms with E-state index in [2.05, 4.69) is 10.7 Å². The molecule has 0 atom stereocenters. The molecule has 30 valence electrons. The summed E-state index contributed by atoms with van der Waals surface area (Å²) in [5, 5.41) is 8.91. The van der Waals surface area contributed by atoms with Gasteiger partial charge in [-0.2, -0.15) is 0 Å². The summed E-state index contributed by atoms with van der Waals surface area (Å²) in [6.45, 7) is 0. The van der Waals surface area contributed by atoms with Crippen molar-refractivity contribution in [1.82, 2.24) is 0 Å². The minimum absolute atomic E-state index is 0. The minimum atomic E-state index is -1.72. The molecule has 0 aliphatic heterocycles. The summed E-state index contributed by atoms with van der Waals surface area (Å²) in [7, 11) is 0. The Morgan fingerprint density at radius 2 is 2.00 bits per heavy atom. The Morgan fingerprint density at radius 1 is 1.83 bits per heavy atom. The zero-order chi connectivity index (χ0) is 4.28. The van der Waals surface area contributed by atoms with Crippen LogP contribution >= 0.6 is 0 Å². The fourth-order valence-electron chi connectivity index (χ4n) is 0. The van der Waals surface area contributed by atoms with Gasteiger partial charge >= 0.3 is 18.9 Å². The molecule has 0 rings (SSSR count). The predicted octanol–water partition coefficient (Wildman–Crippen LogP) is -4.78.